The lowest BCUT2D eigenvalue weighted by molar-refractivity contribution is 0.555. The Hall–Kier alpha value is -2.14. The summed E-state index contributed by atoms with van der Waals surface area (Å²) in [5, 5.41) is 0. The van der Waals surface area contributed by atoms with Crippen LogP contribution in [-0.2, 0) is 5.75 Å². The van der Waals surface area contributed by atoms with Gasteiger partial charge in [-0.2, -0.15) is 0 Å². The summed E-state index contributed by atoms with van der Waals surface area (Å²) < 4.78 is 5.00. The Balaban J connectivity index is 1.87. The average molecular weight is 300 g/mol. The molecule has 0 amide bonds. The summed E-state index contributed by atoms with van der Waals surface area (Å²) in [5.41, 5.74) is 11.6. The third-order valence-corrected chi connectivity index (χ3v) is 4.37. The molecule has 4 nitrogen and oxygen atoms in total. The molecule has 0 unspecified atom stereocenters. The first-order valence-corrected chi connectivity index (χ1v) is 7.62. The number of oxazole rings is 1. The van der Waals surface area contributed by atoms with Gasteiger partial charge in [0.05, 0.1) is 5.52 Å². The van der Waals surface area contributed by atoms with Crippen LogP contribution in [0.15, 0.2) is 44.4 Å². The Bertz CT molecular complexity index is 844. The number of aromatic amines is 1. The Morgan fingerprint density at radius 1 is 1.14 bits per heavy atom. The van der Waals surface area contributed by atoms with Crippen LogP contribution in [0.3, 0.4) is 0 Å². The maximum absolute atomic E-state index is 11.2. The molecule has 0 radical (unpaired) electrons. The third kappa shape index (κ3) is 2.97. The van der Waals surface area contributed by atoms with Crippen LogP contribution < -0.4 is 11.5 Å². The summed E-state index contributed by atoms with van der Waals surface area (Å²) in [6, 6.07) is 10.1. The van der Waals surface area contributed by atoms with Gasteiger partial charge < -0.3 is 10.2 Å². The van der Waals surface area contributed by atoms with Gasteiger partial charge in [-0.25, -0.2) is 4.79 Å². The van der Waals surface area contributed by atoms with Crippen molar-refractivity contribution in [2.75, 3.05) is 5.73 Å². The third-order valence-electron chi connectivity index (χ3n) is 3.23. The van der Waals surface area contributed by atoms with Crippen molar-refractivity contribution in [2.24, 2.45) is 0 Å². The largest absolute Gasteiger partial charge is 0.417 e. The van der Waals surface area contributed by atoms with E-state index in [9.17, 15) is 4.79 Å². The van der Waals surface area contributed by atoms with Crippen LogP contribution in [-0.4, -0.2) is 4.98 Å². The molecule has 0 fully saturated rings. The lowest BCUT2D eigenvalue weighted by Crippen LogP contribution is -1.93. The Morgan fingerprint density at radius 2 is 1.86 bits per heavy atom. The van der Waals surface area contributed by atoms with Gasteiger partial charge in [0.2, 0.25) is 0 Å². The number of hydrogen-bond donors (Lipinski definition) is 2. The number of nitrogens with two attached hydrogens (primary N) is 1. The highest BCUT2D eigenvalue weighted by molar-refractivity contribution is 7.98. The van der Waals surface area contributed by atoms with Crippen molar-refractivity contribution in [3.8, 4) is 0 Å². The van der Waals surface area contributed by atoms with Gasteiger partial charge in [0.15, 0.2) is 5.58 Å². The van der Waals surface area contributed by atoms with Gasteiger partial charge in [0, 0.05) is 22.4 Å². The number of thioether (sulfide) groups is 1. The lowest BCUT2D eigenvalue weighted by atomic mass is 10.1. The summed E-state index contributed by atoms with van der Waals surface area (Å²) >= 11 is 1.65. The minimum atomic E-state index is -0.458. The first kappa shape index (κ1) is 13.8. The van der Waals surface area contributed by atoms with E-state index in [1.54, 1.807) is 17.8 Å². The fourth-order valence-electron chi connectivity index (χ4n) is 2.43. The van der Waals surface area contributed by atoms with Crippen LogP contribution in [0, 0.1) is 13.8 Å². The highest BCUT2D eigenvalue weighted by Crippen LogP contribution is 2.31. The van der Waals surface area contributed by atoms with Crippen LogP contribution in [0.5, 0.6) is 0 Å². The van der Waals surface area contributed by atoms with E-state index in [1.165, 1.54) is 16.7 Å². The van der Waals surface area contributed by atoms with Crippen molar-refractivity contribution >= 4 is 28.5 Å². The fraction of sp³-hybridized carbons (Fsp3) is 0.188. The fourth-order valence-corrected chi connectivity index (χ4v) is 3.35. The van der Waals surface area contributed by atoms with E-state index in [2.05, 4.69) is 37.0 Å². The smallest absolute Gasteiger partial charge is 0.408 e. The minimum absolute atomic E-state index is 0.458. The van der Waals surface area contributed by atoms with E-state index in [0.29, 0.717) is 16.8 Å². The molecule has 0 saturated carbocycles. The van der Waals surface area contributed by atoms with Crippen LogP contribution in [0.2, 0.25) is 0 Å². The second-order valence-electron chi connectivity index (χ2n) is 5.19. The standard InChI is InChI=1S/C16H16N2O2S/c1-9-3-10(2)5-11(4-9)8-21-15-7-13-14(6-12(15)17)20-16(19)18-13/h3-7H,8,17H2,1-2H3,(H,18,19). The van der Waals surface area contributed by atoms with Crippen LogP contribution in [0.4, 0.5) is 5.69 Å². The molecule has 0 aliphatic heterocycles. The zero-order chi connectivity index (χ0) is 15.0. The number of fused-ring (bicyclic) bond motifs is 1. The maximum Gasteiger partial charge on any atom is 0.417 e. The van der Waals surface area contributed by atoms with Crippen LogP contribution >= 0.6 is 11.8 Å². The molecule has 1 aromatic heterocycles. The number of anilines is 1. The molecule has 0 aliphatic rings. The molecular formula is C16H16N2O2S. The summed E-state index contributed by atoms with van der Waals surface area (Å²) in [5.74, 6) is 0.376. The van der Waals surface area contributed by atoms with Crippen molar-refractivity contribution < 1.29 is 4.42 Å². The van der Waals surface area contributed by atoms with Gasteiger partial charge in [-0.3, -0.25) is 4.98 Å². The van der Waals surface area contributed by atoms with E-state index in [1.807, 2.05) is 6.07 Å². The van der Waals surface area contributed by atoms with Crippen molar-refractivity contribution in [1.29, 1.82) is 0 Å². The number of benzene rings is 2. The normalized spacial score (nSPS) is 11.1. The first-order chi connectivity index (χ1) is 10.0. The highest BCUT2D eigenvalue weighted by Gasteiger charge is 2.08. The van der Waals surface area contributed by atoms with Crippen LogP contribution in [0.1, 0.15) is 16.7 Å². The number of nitrogen functional groups attached to an aromatic ring is 1. The quantitative estimate of drug-likeness (QED) is 0.572. The van der Waals surface area contributed by atoms with Gasteiger partial charge in [0.1, 0.15) is 0 Å². The first-order valence-electron chi connectivity index (χ1n) is 6.63. The predicted molar refractivity (Wildman–Crippen MR) is 86.7 cm³/mol. The van der Waals surface area contributed by atoms with E-state index in [0.717, 1.165) is 10.6 Å². The van der Waals surface area contributed by atoms with E-state index >= 15 is 0 Å². The maximum atomic E-state index is 11.2. The molecule has 0 aliphatic carbocycles. The van der Waals surface area contributed by atoms with Crippen molar-refractivity contribution in [3.63, 3.8) is 0 Å². The number of rotatable bonds is 3. The molecule has 1 heterocycles. The summed E-state index contributed by atoms with van der Waals surface area (Å²) in [6.45, 7) is 4.19. The summed E-state index contributed by atoms with van der Waals surface area (Å²) in [7, 11) is 0. The molecule has 2 aromatic carbocycles. The number of hydrogen-bond acceptors (Lipinski definition) is 4. The van der Waals surface area contributed by atoms with E-state index < -0.39 is 5.76 Å². The van der Waals surface area contributed by atoms with E-state index in [4.69, 9.17) is 10.2 Å². The zero-order valence-corrected chi connectivity index (χ0v) is 12.7. The SMILES string of the molecule is Cc1cc(C)cc(CSc2cc3[nH]c(=O)oc3cc2N)c1. The van der Waals surface area contributed by atoms with Crippen molar-refractivity contribution in [1.82, 2.24) is 4.98 Å². The van der Waals surface area contributed by atoms with Gasteiger partial charge >= 0.3 is 5.76 Å². The second kappa shape index (κ2) is 5.33. The molecule has 0 spiro atoms. The Morgan fingerprint density at radius 3 is 2.57 bits per heavy atom. The lowest BCUT2D eigenvalue weighted by Gasteiger charge is -2.07. The predicted octanol–water partition coefficient (Wildman–Crippen LogP) is 3.61. The summed E-state index contributed by atoms with van der Waals surface area (Å²) in [4.78, 5) is 14.8. The monoisotopic (exact) mass is 300 g/mol. The molecule has 108 valence electrons. The average Bonchev–Trinajstić information content (AvgIpc) is 2.74. The Labute approximate surface area is 126 Å². The molecule has 5 heteroatoms. The van der Waals surface area contributed by atoms with Crippen LogP contribution in [0.25, 0.3) is 11.1 Å². The number of aryl methyl sites for hydroxylation is 2. The molecule has 0 saturated heterocycles. The van der Waals surface area contributed by atoms with Gasteiger partial charge in [0.25, 0.3) is 0 Å². The molecule has 3 rings (SSSR count). The highest BCUT2D eigenvalue weighted by atomic mass is 32.2. The minimum Gasteiger partial charge on any atom is -0.408 e. The van der Waals surface area contributed by atoms with Gasteiger partial charge in [-0.05, 0) is 25.5 Å². The molecule has 3 aromatic rings. The molecular weight excluding hydrogens is 284 g/mol. The topological polar surface area (TPSA) is 72.0 Å². The molecule has 3 N–H and O–H groups in total. The van der Waals surface area contributed by atoms with Gasteiger partial charge in [-0.15, -0.1) is 11.8 Å². The molecule has 0 atom stereocenters. The van der Waals surface area contributed by atoms with Crippen molar-refractivity contribution in [2.45, 2.75) is 24.5 Å². The number of H-pyrrole nitrogens is 1. The number of aromatic nitrogens is 1. The molecule has 21 heavy (non-hydrogen) atoms. The van der Waals surface area contributed by atoms with Gasteiger partial charge in [-0.1, -0.05) is 29.3 Å². The Kier molecular flexibility index (Phi) is 3.51. The molecule has 0 bridgehead atoms. The second-order valence-corrected chi connectivity index (χ2v) is 6.20. The van der Waals surface area contributed by atoms with Crippen molar-refractivity contribution in [3.05, 3.63) is 57.6 Å². The summed E-state index contributed by atoms with van der Waals surface area (Å²) in [6.07, 6.45) is 0. The number of nitrogens with one attached hydrogen (secondary N) is 1. The zero-order valence-electron chi connectivity index (χ0n) is 11.9. The van der Waals surface area contributed by atoms with E-state index in [-0.39, 0.29) is 0 Å².